The van der Waals surface area contributed by atoms with Gasteiger partial charge in [0, 0.05) is 24.6 Å². The quantitative estimate of drug-likeness (QED) is 0.577. The SMILES string of the molecule is COC(=O)c1ccc([C@H](C)NC(=O)C2(N(C)CCOc3cccc(Cl)c3)CCOC2)cc1. The van der Waals surface area contributed by atoms with Gasteiger partial charge >= 0.3 is 5.97 Å². The van der Waals surface area contributed by atoms with Crippen molar-refractivity contribution in [1.82, 2.24) is 10.2 Å². The summed E-state index contributed by atoms with van der Waals surface area (Å²) >= 11 is 6.00. The highest BCUT2D eigenvalue weighted by Crippen LogP contribution is 2.27. The van der Waals surface area contributed by atoms with Gasteiger partial charge in [-0.2, -0.15) is 0 Å². The topological polar surface area (TPSA) is 77.1 Å². The Morgan fingerprint density at radius 2 is 2.00 bits per heavy atom. The number of hydrogen-bond acceptors (Lipinski definition) is 6. The van der Waals surface area contributed by atoms with E-state index in [9.17, 15) is 9.59 Å². The van der Waals surface area contributed by atoms with Crippen molar-refractivity contribution in [1.29, 1.82) is 0 Å². The van der Waals surface area contributed by atoms with Crippen molar-refractivity contribution < 1.29 is 23.8 Å². The van der Waals surface area contributed by atoms with E-state index < -0.39 is 11.5 Å². The molecule has 1 fully saturated rings. The van der Waals surface area contributed by atoms with Crippen LogP contribution in [0.15, 0.2) is 48.5 Å². The Morgan fingerprint density at radius 1 is 1.25 bits per heavy atom. The van der Waals surface area contributed by atoms with Gasteiger partial charge in [-0.25, -0.2) is 4.79 Å². The Bertz CT molecular complexity index is 928. The maximum Gasteiger partial charge on any atom is 0.337 e. The number of esters is 1. The van der Waals surface area contributed by atoms with Crippen molar-refractivity contribution in [3.05, 3.63) is 64.7 Å². The first-order valence-electron chi connectivity index (χ1n) is 10.5. The molecule has 7 nitrogen and oxygen atoms in total. The zero-order valence-corrected chi connectivity index (χ0v) is 19.4. The molecule has 172 valence electrons. The number of ether oxygens (including phenoxy) is 3. The molecule has 1 amide bonds. The summed E-state index contributed by atoms with van der Waals surface area (Å²) in [5.74, 6) is 0.206. The van der Waals surface area contributed by atoms with Crippen molar-refractivity contribution >= 4 is 23.5 Å². The zero-order chi connectivity index (χ0) is 23.1. The molecular weight excluding hydrogens is 432 g/mol. The van der Waals surface area contributed by atoms with E-state index in [0.717, 1.165) is 5.56 Å². The smallest absolute Gasteiger partial charge is 0.337 e. The summed E-state index contributed by atoms with van der Waals surface area (Å²) in [5, 5.41) is 3.72. The predicted octanol–water partition coefficient (Wildman–Crippen LogP) is 3.47. The molecule has 32 heavy (non-hydrogen) atoms. The van der Waals surface area contributed by atoms with Gasteiger partial charge in [-0.3, -0.25) is 9.69 Å². The molecular formula is C24H29ClN2O5. The van der Waals surface area contributed by atoms with Gasteiger partial charge in [0.25, 0.3) is 0 Å². The van der Waals surface area contributed by atoms with Crippen LogP contribution in [0.4, 0.5) is 0 Å². The molecule has 1 unspecified atom stereocenters. The van der Waals surface area contributed by atoms with Crippen molar-refractivity contribution in [2.45, 2.75) is 24.9 Å². The lowest BCUT2D eigenvalue weighted by molar-refractivity contribution is -0.134. The van der Waals surface area contributed by atoms with Gasteiger partial charge in [0.2, 0.25) is 5.91 Å². The van der Waals surface area contributed by atoms with Gasteiger partial charge in [0.05, 0.1) is 25.3 Å². The highest BCUT2D eigenvalue weighted by molar-refractivity contribution is 6.30. The molecule has 1 N–H and O–H groups in total. The maximum absolute atomic E-state index is 13.3. The number of likely N-dealkylation sites (N-methyl/N-ethyl adjacent to an activating group) is 1. The minimum absolute atomic E-state index is 0.0928. The van der Waals surface area contributed by atoms with Crippen LogP contribution >= 0.6 is 11.6 Å². The molecule has 1 aliphatic rings. The number of hydrogen-bond donors (Lipinski definition) is 1. The summed E-state index contributed by atoms with van der Waals surface area (Å²) in [4.78, 5) is 26.9. The maximum atomic E-state index is 13.3. The number of rotatable bonds is 9. The highest BCUT2D eigenvalue weighted by Gasteiger charge is 2.46. The molecule has 2 aromatic rings. The van der Waals surface area contributed by atoms with Crippen LogP contribution < -0.4 is 10.1 Å². The van der Waals surface area contributed by atoms with Crippen molar-refractivity contribution in [2.75, 3.05) is 40.5 Å². The van der Waals surface area contributed by atoms with E-state index in [2.05, 4.69) is 5.32 Å². The number of methoxy groups -OCH3 is 1. The molecule has 2 atom stereocenters. The lowest BCUT2D eigenvalue weighted by Crippen LogP contribution is -2.59. The van der Waals surface area contributed by atoms with Crippen LogP contribution in [-0.4, -0.2) is 62.8 Å². The first kappa shape index (κ1) is 24.0. The molecule has 8 heteroatoms. The Kier molecular flexibility index (Phi) is 8.12. The average molecular weight is 461 g/mol. The molecule has 0 aromatic heterocycles. The molecule has 1 heterocycles. The summed E-state index contributed by atoms with van der Waals surface area (Å²) in [6, 6.07) is 14.0. The fourth-order valence-electron chi connectivity index (χ4n) is 3.72. The van der Waals surface area contributed by atoms with Gasteiger partial charge in [-0.15, -0.1) is 0 Å². The number of nitrogens with zero attached hydrogens (tertiary/aromatic N) is 1. The molecule has 0 aliphatic carbocycles. The van der Waals surface area contributed by atoms with Crippen LogP contribution in [0, 0.1) is 0 Å². The normalized spacial score (nSPS) is 18.9. The first-order chi connectivity index (χ1) is 15.4. The van der Waals surface area contributed by atoms with Gasteiger partial charge < -0.3 is 19.5 Å². The third-order valence-electron chi connectivity index (χ3n) is 5.83. The Labute approximate surface area is 193 Å². The van der Waals surface area contributed by atoms with Crippen molar-refractivity contribution in [3.63, 3.8) is 0 Å². The molecule has 0 bridgehead atoms. The molecule has 3 rings (SSSR count). The van der Waals surface area contributed by atoms with E-state index in [1.807, 2.05) is 43.1 Å². The summed E-state index contributed by atoms with van der Waals surface area (Å²) in [6.45, 7) is 3.72. The van der Waals surface area contributed by atoms with Crippen LogP contribution in [0.5, 0.6) is 5.75 Å². The Morgan fingerprint density at radius 3 is 2.62 bits per heavy atom. The predicted molar refractivity (Wildman–Crippen MR) is 122 cm³/mol. The monoisotopic (exact) mass is 460 g/mol. The van der Waals surface area contributed by atoms with E-state index in [-0.39, 0.29) is 11.9 Å². The van der Waals surface area contributed by atoms with Gasteiger partial charge in [0.1, 0.15) is 17.9 Å². The summed E-state index contributed by atoms with van der Waals surface area (Å²) in [6.07, 6.45) is 0.598. The van der Waals surface area contributed by atoms with Crippen LogP contribution in [0.3, 0.4) is 0 Å². The number of amides is 1. The minimum atomic E-state index is -0.766. The van der Waals surface area contributed by atoms with Crippen molar-refractivity contribution in [3.8, 4) is 5.75 Å². The van der Waals surface area contributed by atoms with Crippen LogP contribution in [-0.2, 0) is 14.3 Å². The molecule has 0 spiro atoms. The fraction of sp³-hybridized carbons (Fsp3) is 0.417. The number of carbonyl (C=O) groups is 2. The molecule has 1 saturated heterocycles. The number of carbonyl (C=O) groups excluding carboxylic acids is 2. The van der Waals surface area contributed by atoms with Gasteiger partial charge in [-0.1, -0.05) is 29.8 Å². The number of halogens is 1. The largest absolute Gasteiger partial charge is 0.492 e. The standard InChI is InChI=1S/C24H29ClN2O5/c1-17(18-7-9-19(10-8-18)22(28)30-3)26-23(29)24(11-13-31-16-24)27(2)12-14-32-21-6-4-5-20(25)15-21/h4-10,15,17H,11-14,16H2,1-3H3,(H,26,29)/t17-,24?/m0/s1. The van der Waals surface area contributed by atoms with Gasteiger partial charge in [-0.05, 0) is 49.9 Å². The van der Waals surface area contributed by atoms with E-state index in [0.29, 0.717) is 49.1 Å². The molecule has 2 aromatic carbocycles. The molecule has 1 aliphatic heterocycles. The second kappa shape index (κ2) is 10.8. The second-order valence-corrected chi connectivity index (χ2v) is 8.31. The Balaban J connectivity index is 1.61. The first-order valence-corrected chi connectivity index (χ1v) is 10.9. The Hall–Kier alpha value is -2.61. The highest BCUT2D eigenvalue weighted by atomic mass is 35.5. The van der Waals surface area contributed by atoms with Crippen LogP contribution in [0.25, 0.3) is 0 Å². The van der Waals surface area contributed by atoms with Gasteiger partial charge in [0.15, 0.2) is 0 Å². The van der Waals surface area contributed by atoms with E-state index in [1.54, 1.807) is 24.3 Å². The lowest BCUT2D eigenvalue weighted by atomic mass is 9.94. The van der Waals surface area contributed by atoms with E-state index in [1.165, 1.54) is 7.11 Å². The summed E-state index contributed by atoms with van der Waals surface area (Å²) < 4.78 is 16.1. The fourth-order valence-corrected chi connectivity index (χ4v) is 3.90. The number of nitrogens with one attached hydrogen (secondary N) is 1. The summed E-state index contributed by atoms with van der Waals surface area (Å²) in [5.41, 5.74) is 0.597. The van der Waals surface area contributed by atoms with Crippen LogP contribution in [0.2, 0.25) is 5.02 Å². The van der Waals surface area contributed by atoms with E-state index in [4.69, 9.17) is 25.8 Å². The third-order valence-corrected chi connectivity index (χ3v) is 6.06. The minimum Gasteiger partial charge on any atom is -0.492 e. The van der Waals surface area contributed by atoms with Crippen LogP contribution in [0.1, 0.15) is 35.3 Å². The average Bonchev–Trinajstić information content (AvgIpc) is 3.30. The number of benzene rings is 2. The molecule has 0 saturated carbocycles. The third kappa shape index (κ3) is 5.59. The van der Waals surface area contributed by atoms with E-state index >= 15 is 0 Å². The second-order valence-electron chi connectivity index (χ2n) is 7.87. The lowest BCUT2D eigenvalue weighted by Gasteiger charge is -2.36. The summed E-state index contributed by atoms with van der Waals surface area (Å²) in [7, 11) is 3.25. The molecule has 0 radical (unpaired) electrons. The van der Waals surface area contributed by atoms with Crippen molar-refractivity contribution in [2.24, 2.45) is 0 Å². The zero-order valence-electron chi connectivity index (χ0n) is 18.6.